The minimum atomic E-state index is -2.54. The molecule has 0 saturated carbocycles. The summed E-state index contributed by atoms with van der Waals surface area (Å²) in [5.74, 6) is 0. The third-order valence-corrected chi connectivity index (χ3v) is 1.67. The highest BCUT2D eigenvalue weighted by molar-refractivity contribution is 5.19. The van der Waals surface area contributed by atoms with Crippen molar-refractivity contribution in [3.63, 3.8) is 0 Å². The van der Waals surface area contributed by atoms with Crippen LogP contribution in [0, 0.1) is 0 Å². The maximum absolute atomic E-state index is 12.2. The number of hydrogen-bond donors (Lipinski definition) is 2. The van der Waals surface area contributed by atoms with E-state index in [0.717, 1.165) is 0 Å². The standard InChI is InChI=1S/C7H10F2N2/c1-7(10,6(8)9)5-2-3-11-4-5/h2-4,6,11H,10H2,1H3. The van der Waals surface area contributed by atoms with Gasteiger partial charge >= 0.3 is 0 Å². The van der Waals surface area contributed by atoms with Gasteiger partial charge in [-0.1, -0.05) is 0 Å². The molecule has 0 aliphatic carbocycles. The summed E-state index contributed by atoms with van der Waals surface area (Å²) >= 11 is 0. The van der Waals surface area contributed by atoms with Crippen LogP contribution in [0.1, 0.15) is 12.5 Å². The zero-order valence-electron chi connectivity index (χ0n) is 6.14. The van der Waals surface area contributed by atoms with Crippen molar-refractivity contribution in [3.8, 4) is 0 Å². The van der Waals surface area contributed by atoms with Crippen molar-refractivity contribution in [3.05, 3.63) is 24.0 Å². The summed E-state index contributed by atoms with van der Waals surface area (Å²) in [6, 6.07) is 1.55. The second kappa shape index (κ2) is 2.62. The Morgan fingerprint density at radius 3 is 2.64 bits per heavy atom. The predicted molar refractivity (Wildman–Crippen MR) is 38.3 cm³/mol. The molecule has 1 unspecified atom stereocenters. The number of alkyl halides is 2. The Morgan fingerprint density at radius 2 is 2.27 bits per heavy atom. The fraction of sp³-hybridized carbons (Fsp3) is 0.429. The molecule has 1 atom stereocenters. The third kappa shape index (κ3) is 1.40. The van der Waals surface area contributed by atoms with Crippen LogP contribution in [0.2, 0.25) is 0 Å². The number of nitrogens with one attached hydrogen (secondary N) is 1. The third-order valence-electron chi connectivity index (χ3n) is 1.67. The van der Waals surface area contributed by atoms with E-state index in [-0.39, 0.29) is 0 Å². The molecule has 0 radical (unpaired) electrons. The molecular weight excluding hydrogens is 150 g/mol. The van der Waals surface area contributed by atoms with E-state index < -0.39 is 12.0 Å². The molecule has 11 heavy (non-hydrogen) atoms. The highest BCUT2D eigenvalue weighted by atomic mass is 19.3. The van der Waals surface area contributed by atoms with Crippen molar-refractivity contribution in [1.29, 1.82) is 0 Å². The van der Waals surface area contributed by atoms with Crippen LogP contribution in [0.5, 0.6) is 0 Å². The fourth-order valence-corrected chi connectivity index (χ4v) is 0.785. The second-order valence-corrected chi connectivity index (χ2v) is 2.68. The van der Waals surface area contributed by atoms with E-state index in [2.05, 4.69) is 4.98 Å². The van der Waals surface area contributed by atoms with Gasteiger partial charge in [-0.2, -0.15) is 0 Å². The van der Waals surface area contributed by atoms with E-state index >= 15 is 0 Å². The summed E-state index contributed by atoms with van der Waals surface area (Å²) in [4.78, 5) is 2.68. The Kier molecular flexibility index (Phi) is 1.95. The van der Waals surface area contributed by atoms with Gasteiger partial charge in [0.1, 0.15) is 5.54 Å². The molecule has 0 bridgehead atoms. The average molecular weight is 160 g/mol. The molecule has 3 N–H and O–H groups in total. The van der Waals surface area contributed by atoms with E-state index in [1.807, 2.05) is 0 Å². The molecule has 0 aliphatic rings. The van der Waals surface area contributed by atoms with Gasteiger partial charge < -0.3 is 10.7 Å². The van der Waals surface area contributed by atoms with E-state index in [0.29, 0.717) is 5.56 Å². The SMILES string of the molecule is CC(N)(c1cc[nH]c1)C(F)F. The molecule has 0 aliphatic heterocycles. The lowest BCUT2D eigenvalue weighted by atomic mass is 9.97. The highest BCUT2D eigenvalue weighted by Gasteiger charge is 2.32. The van der Waals surface area contributed by atoms with Crippen LogP contribution >= 0.6 is 0 Å². The van der Waals surface area contributed by atoms with Gasteiger partial charge in [0.25, 0.3) is 6.43 Å². The number of aromatic nitrogens is 1. The quantitative estimate of drug-likeness (QED) is 0.675. The van der Waals surface area contributed by atoms with E-state index in [4.69, 9.17) is 5.73 Å². The first-order valence-electron chi connectivity index (χ1n) is 3.25. The van der Waals surface area contributed by atoms with Gasteiger partial charge in [0.15, 0.2) is 0 Å². The summed E-state index contributed by atoms with van der Waals surface area (Å²) in [7, 11) is 0. The zero-order valence-corrected chi connectivity index (χ0v) is 6.14. The van der Waals surface area contributed by atoms with Crippen LogP contribution < -0.4 is 5.73 Å². The first kappa shape index (κ1) is 8.20. The van der Waals surface area contributed by atoms with Crippen molar-refractivity contribution in [2.75, 3.05) is 0 Å². The Bertz CT molecular complexity index is 216. The number of aromatic amines is 1. The first-order chi connectivity index (χ1) is 5.05. The molecule has 1 rings (SSSR count). The predicted octanol–water partition coefficient (Wildman–Crippen LogP) is 1.45. The summed E-state index contributed by atoms with van der Waals surface area (Å²) < 4.78 is 24.5. The number of hydrogen-bond acceptors (Lipinski definition) is 1. The van der Waals surface area contributed by atoms with Gasteiger partial charge in [-0.05, 0) is 18.6 Å². The molecule has 0 saturated heterocycles. The second-order valence-electron chi connectivity index (χ2n) is 2.68. The minimum absolute atomic E-state index is 0.424. The molecule has 1 heterocycles. The monoisotopic (exact) mass is 160 g/mol. The van der Waals surface area contributed by atoms with E-state index in [1.165, 1.54) is 13.1 Å². The number of rotatable bonds is 2. The minimum Gasteiger partial charge on any atom is -0.367 e. The summed E-state index contributed by atoms with van der Waals surface area (Å²) in [5, 5.41) is 0. The Morgan fingerprint density at radius 1 is 1.64 bits per heavy atom. The molecule has 2 nitrogen and oxygen atoms in total. The zero-order chi connectivity index (χ0) is 8.48. The molecule has 4 heteroatoms. The number of nitrogens with two attached hydrogens (primary N) is 1. The van der Waals surface area contributed by atoms with Crippen LogP contribution in [0.15, 0.2) is 18.5 Å². The Balaban J connectivity index is 2.90. The van der Waals surface area contributed by atoms with Crippen LogP contribution in [0.3, 0.4) is 0 Å². The van der Waals surface area contributed by atoms with Crippen molar-refractivity contribution in [2.24, 2.45) is 5.73 Å². The first-order valence-corrected chi connectivity index (χ1v) is 3.25. The maximum atomic E-state index is 12.2. The molecular formula is C7H10F2N2. The van der Waals surface area contributed by atoms with Crippen molar-refractivity contribution in [1.82, 2.24) is 4.98 Å². The summed E-state index contributed by atoms with van der Waals surface area (Å²) in [5.41, 5.74) is 4.24. The van der Waals surface area contributed by atoms with Gasteiger partial charge in [0.2, 0.25) is 0 Å². The maximum Gasteiger partial charge on any atom is 0.260 e. The fourth-order valence-electron chi connectivity index (χ4n) is 0.785. The van der Waals surface area contributed by atoms with Gasteiger partial charge in [-0.25, -0.2) is 8.78 Å². The van der Waals surface area contributed by atoms with Crippen LogP contribution in [-0.4, -0.2) is 11.4 Å². The smallest absolute Gasteiger partial charge is 0.260 e. The van der Waals surface area contributed by atoms with Crippen LogP contribution in [0.4, 0.5) is 8.78 Å². The van der Waals surface area contributed by atoms with Gasteiger partial charge in [0.05, 0.1) is 0 Å². The van der Waals surface area contributed by atoms with Gasteiger partial charge in [-0.15, -0.1) is 0 Å². The van der Waals surface area contributed by atoms with Gasteiger partial charge in [0, 0.05) is 12.4 Å². The van der Waals surface area contributed by atoms with E-state index in [9.17, 15) is 8.78 Å². The molecule has 0 spiro atoms. The normalized spacial score (nSPS) is 16.8. The lowest BCUT2D eigenvalue weighted by molar-refractivity contribution is 0.0626. The Labute approximate surface area is 63.4 Å². The molecule has 1 aromatic heterocycles. The van der Waals surface area contributed by atoms with Gasteiger partial charge in [-0.3, -0.25) is 0 Å². The largest absolute Gasteiger partial charge is 0.367 e. The number of H-pyrrole nitrogens is 1. The molecule has 0 aromatic carbocycles. The molecule has 62 valence electrons. The Hall–Kier alpha value is -0.900. The lowest BCUT2D eigenvalue weighted by Crippen LogP contribution is -2.40. The van der Waals surface area contributed by atoms with E-state index in [1.54, 1.807) is 12.3 Å². The van der Waals surface area contributed by atoms with Crippen molar-refractivity contribution >= 4 is 0 Å². The van der Waals surface area contributed by atoms with Crippen molar-refractivity contribution in [2.45, 2.75) is 18.9 Å². The molecule has 1 aromatic rings. The molecule has 0 fully saturated rings. The molecule has 0 amide bonds. The average Bonchev–Trinajstić information content (AvgIpc) is 2.37. The topological polar surface area (TPSA) is 41.8 Å². The van der Waals surface area contributed by atoms with Crippen molar-refractivity contribution < 1.29 is 8.78 Å². The van der Waals surface area contributed by atoms with Crippen LogP contribution in [0.25, 0.3) is 0 Å². The highest BCUT2D eigenvalue weighted by Crippen LogP contribution is 2.24. The van der Waals surface area contributed by atoms with Crippen LogP contribution in [-0.2, 0) is 5.54 Å². The lowest BCUT2D eigenvalue weighted by Gasteiger charge is -2.21. The summed E-state index contributed by atoms with van der Waals surface area (Å²) in [6.07, 6.45) is 0.507. The summed E-state index contributed by atoms with van der Waals surface area (Å²) in [6.45, 7) is 1.31. The number of halogens is 2.